The van der Waals surface area contributed by atoms with Gasteiger partial charge in [-0.25, -0.2) is 0 Å². The average Bonchev–Trinajstić information content (AvgIpc) is 2.73. The summed E-state index contributed by atoms with van der Waals surface area (Å²) in [4.78, 5) is 19.2. The van der Waals surface area contributed by atoms with Crippen LogP contribution in [-0.4, -0.2) is 48.9 Å². The Hall–Kier alpha value is -2.33. The van der Waals surface area contributed by atoms with Gasteiger partial charge in [0.1, 0.15) is 0 Å². The van der Waals surface area contributed by atoms with E-state index in [2.05, 4.69) is 46.2 Å². The molecule has 2 aromatic rings. The predicted octanol–water partition coefficient (Wildman–Crippen LogP) is 4.16. The van der Waals surface area contributed by atoms with Crippen molar-refractivity contribution < 1.29 is 4.79 Å². The Morgan fingerprint density at radius 2 is 1.54 bits per heavy atom. The van der Waals surface area contributed by atoms with E-state index in [4.69, 9.17) is 0 Å². The first-order valence-corrected chi connectivity index (χ1v) is 10.5. The monoisotopic (exact) mass is 379 g/mol. The Morgan fingerprint density at radius 1 is 0.893 bits per heavy atom. The van der Waals surface area contributed by atoms with Crippen molar-refractivity contribution >= 4 is 11.6 Å². The van der Waals surface area contributed by atoms with Gasteiger partial charge >= 0.3 is 0 Å². The first-order chi connectivity index (χ1) is 13.7. The molecule has 1 aliphatic heterocycles. The molecule has 0 bridgehead atoms. The highest BCUT2D eigenvalue weighted by Crippen LogP contribution is 2.20. The average molecular weight is 380 g/mol. The van der Waals surface area contributed by atoms with Crippen molar-refractivity contribution in [2.45, 2.75) is 39.3 Å². The summed E-state index contributed by atoms with van der Waals surface area (Å²) in [5.74, 6) is 0.179. The molecular formula is C24H33N3O. The van der Waals surface area contributed by atoms with Crippen LogP contribution in [0.25, 0.3) is 0 Å². The molecule has 0 radical (unpaired) electrons. The van der Waals surface area contributed by atoms with Crippen molar-refractivity contribution in [1.82, 2.24) is 9.80 Å². The molecule has 4 nitrogen and oxygen atoms in total. The molecular weight excluding hydrogens is 346 g/mol. The molecule has 0 aliphatic carbocycles. The molecule has 0 N–H and O–H groups in total. The van der Waals surface area contributed by atoms with Gasteiger partial charge in [-0.15, -0.1) is 0 Å². The summed E-state index contributed by atoms with van der Waals surface area (Å²) in [6.45, 7) is 7.01. The number of amides is 1. The maximum absolute atomic E-state index is 12.7. The van der Waals surface area contributed by atoms with Gasteiger partial charge in [-0.3, -0.25) is 9.69 Å². The second-order valence-electron chi connectivity index (χ2n) is 7.78. The van der Waals surface area contributed by atoms with E-state index in [0.717, 1.165) is 13.1 Å². The van der Waals surface area contributed by atoms with E-state index in [9.17, 15) is 4.79 Å². The quantitative estimate of drug-likeness (QED) is 0.689. The van der Waals surface area contributed by atoms with E-state index in [0.29, 0.717) is 13.1 Å². The summed E-state index contributed by atoms with van der Waals surface area (Å²) in [6, 6.07) is 19.0. The molecule has 0 atom stereocenters. The number of carbonyl (C=O) groups is 1. The van der Waals surface area contributed by atoms with Crippen molar-refractivity contribution in [3.63, 3.8) is 0 Å². The van der Waals surface area contributed by atoms with Gasteiger partial charge in [0.05, 0.1) is 6.54 Å². The summed E-state index contributed by atoms with van der Waals surface area (Å²) < 4.78 is 0. The molecule has 150 valence electrons. The lowest BCUT2D eigenvalue weighted by Gasteiger charge is -2.29. The van der Waals surface area contributed by atoms with E-state index >= 15 is 0 Å². The van der Waals surface area contributed by atoms with Gasteiger partial charge < -0.3 is 9.80 Å². The number of nitrogens with zero attached hydrogens (tertiary/aromatic N) is 3. The molecule has 1 fully saturated rings. The molecule has 4 heteroatoms. The Morgan fingerprint density at radius 3 is 2.18 bits per heavy atom. The Balaban J connectivity index is 1.51. The summed E-state index contributed by atoms with van der Waals surface area (Å²) in [5, 5.41) is 0. The highest BCUT2D eigenvalue weighted by Gasteiger charge is 2.15. The van der Waals surface area contributed by atoms with Crippen molar-refractivity contribution in [2.24, 2.45) is 0 Å². The van der Waals surface area contributed by atoms with E-state index in [-0.39, 0.29) is 5.91 Å². The summed E-state index contributed by atoms with van der Waals surface area (Å²) in [6.07, 6.45) is 3.94. The lowest BCUT2D eigenvalue weighted by molar-refractivity contribution is -0.132. The van der Waals surface area contributed by atoms with Gasteiger partial charge in [0.25, 0.3) is 0 Å². The maximum Gasteiger partial charge on any atom is 0.237 e. The van der Waals surface area contributed by atoms with E-state index < -0.39 is 0 Å². The van der Waals surface area contributed by atoms with Crippen LogP contribution in [0.5, 0.6) is 0 Å². The third kappa shape index (κ3) is 5.83. The molecule has 0 unspecified atom stereocenters. The zero-order chi connectivity index (χ0) is 19.8. The molecule has 28 heavy (non-hydrogen) atoms. The Labute approximate surface area is 169 Å². The van der Waals surface area contributed by atoms with Gasteiger partial charge in [-0.1, -0.05) is 42.5 Å². The molecule has 0 aromatic heterocycles. The van der Waals surface area contributed by atoms with Crippen molar-refractivity contribution in [3.05, 3.63) is 65.7 Å². The van der Waals surface area contributed by atoms with E-state index in [1.54, 1.807) is 0 Å². The number of likely N-dealkylation sites (N-methyl/N-ethyl adjacent to an activating group) is 2. The Kier molecular flexibility index (Phi) is 7.49. The number of anilines is 1. The highest BCUT2D eigenvalue weighted by atomic mass is 16.2. The lowest BCUT2D eigenvalue weighted by Crippen LogP contribution is -2.38. The second-order valence-corrected chi connectivity index (χ2v) is 7.78. The van der Waals surface area contributed by atoms with Crippen LogP contribution < -0.4 is 4.90 Å². The van der Waals surface area contributed by atoms with Crippen molar-refractivity contribution in [3.8, 4) is 0 Å². The largest absolute Gasteiger partial charge is 0.372 e. The zero-order valence-electron chi connectivity index (χ0n) is 17.3. The van der Waals surface area contributed by atoms with Crippen molar-refractivity contribution in [2.75, 3.05) is 38.1 Å². The van der Waals surface area contributed by atoms with Gasteiger partial charge in [0.2, 0.25) is 5.91 Å². The fourth-order valence-electron chi connectivity index (χ4n) is 3.84. The fourth-order valence-corrected chi connectivity index (χ4v) is 3.84. The van der Waals surface area contributed by atoms with Crippen LogP contribution in [0, 0.1) is 0 Å². The topological polar surface area (TPSA) is 26.8 Å². The van der Waals surface area contributed by atoms with Crippen LogP contribution in [0.2, 0.25) is 0 Å². The SMILES string of the molecule is CCN(Cc1ccccc1)C(=O)CN(C)Cc1ccc(N2CCCCC2)cc1. The minimum Gasteiger partial charge on any atom is -0.372 e. The van der Waals surface area contributed by atoms with Crippen LogP contribution in [0.3, 0.4) is 0 Å². The third-order valence-electron chi connectivity index (χ3n) is 5.47. The van der Waals surface area contributed by atoms with Gasteiger partial charge in [-0.05, 0) is 56.5 Å². The first-order valence-electron chi connectivity index (χ1n) is 10.5. The van der Waals surface area contributed by atoms with Crippen LogP contribution >= 0.6 is 0 Å². The standard InChI is InChI=1S/C24H33N3O/c1-3-26(19-21-10-6-4-7-11-21)24(28)20-25(2)18-22-12-14-23(15-13-22)27-16-8-5-9-17-27/h4,6-7,10-15H,3,5,8-9,16-20H2,1-2H3. The second kappa shape index (κ2) is 10.3. The number of piperidine rings is 1. The first kappa shape index (κ1) is 20.4. The van der Waals surface area contributed by atoms with Gasteiger partial charge in [0.15, 0.2) is 0 Å². The molecule has 3 rings (SSSR count). The number of rotatable bonds is 8. The third-order valence-corrected chi connectivity index (χ3v) is 5.47. The van der Waals surface area contributed by atoms with E-state index in [1.165, 1.54) is 49.2 Å². The number of benzene rings is 2. The van der Waals surface area contributed by atoms with Gasteiger partial charge in [0, 0.05) is 38.4 Å². The number of carbonyl (C=O) groups excluding carboxylic acids is 1. The molecule has 1 heterocycles. The normalized spacial score (nSPS) is 14.3. The summed E-state index contributed by atoms with van der Waals surface area (Å²) in [7, 11) is 2.02. The van der Waals surface area contributed by atoms with Crippen LogP contribution in [0.1, 0.15) is 37.3 Å². The van der Waals surface area contributed by atoms with E-state index in [1.807, 2.05) is 37.1 Å². The molecule has 2 aromatic carbocycles. The Bertz CT molecular complexity index is 723. The molecule has 1 saturated heterocycles. The number of hydrogen-bond donors (Lipinski definition) is 0. The number of hydrogen-bond acceptors (Lipinski definition) is 3. The minimum atomic E-state index is 0.179. The smallest absolute Gasteiger partial charge is 0.237 e. The fraction of sp³-hybridized carbons (Fsp3) is 0.458. The molecule has 0 spiro atoms. The molecule has 1 amide bonds. The van der Waals surface area contributed by atoms with Crippen LogP contribution in [0.4, 0.5) is 5.69 Å². The predicted molar refractivity (Wildman–Crippen MR) is 116 cm³/mol. The van der Waals surface area contributed by atoms with Gasteiger partial charge in [-0.2, -0.15) is 0 Å². The summed E-state index contributed by atoms with van der Waals surface area (Å²) >= 11 is 0. The van der Waals surface area contributed by atoms with Crippen LogP contribution in [-0.2, 0) is 17.9 Å². The minimum absolute atomic E-state index is 0.179. The lowest BCUT2D eigenvalue weighted by atomic mass is 10.1. The van der Waals surface area contributed by atoms with Crippen molar-refractivity contribution in [1.29, 1.82) is 0 Å². The zero-order valence-corrected chi connectivity index (χ0v) is 17.3. The maximum atomic E-state index is 12.7. The van der Waals surface area contributed by atoms with Crippen LogP contribution in [0.15, 0.2) is 54.6 Å². The summed E-state index contributed by atoms with van der Waals surface area (Å²) in [5.41, 5.74) is 3.75. The highest BCUT2D eigenvalue weighted by molar-refractivity contribution is 5.78. The molecule has 1 aliphatic rings. The molecule has 0 saturated carbocycles.